The maximum Gasteiger partial charge on any atom is 0.202 e. The van der Waals surface area contributed by atoms with Crippen LogP contribution in [0.3, 0.4) is 0 Å². The van der Waals surface area contributed by atoms with Gasteiger partial charge in [0.1, 0.15) is 22.8 Å². The summed E-state index contributed by atoms with van der Waals surface area (Å²) in [7, 11) is 1.34. The number of hydrogen-bond donors (Lipinski definition) is 5. The van der Waals surface area contributed by atoms with Gasteiger partial charge in [-0.2, -0.15) is 0 Å². The van der Waals surface area contributed by atoms with Crippen LogP contribution in [-0.2, 0) is 20.7 Å². The second kappa shape index (κ2) is 9.14. The number of ketones is 3. The minimum atomic E-state index is -2.00. The van der Waals surface area contributed by atoms with Crippen LogP contribution in [0.15, 0.2) is 18.2 Å². The molecule has 3 aliphatic rings. The Labute approximate surface area is 217 Å². The number of aromatic hydroxyl groups is 2. The van der Waals surface area contributed by atoms with Gasteiger partial charge < -0.3 is 40.4 Å². The Morgan fingerprint density at radius 1 is 1.13 bits per heavy atom. The van der Waals surface area contributed by atoms with E-state index in [0.717, 1.165) is 0 Å². The number of aliphatic hydroxyl groups excluding tert-OH is 1. The number of Topliss-reactive ketones (excluding diaryl/α,β-unsaturated/α-hetero) is 1. The molecule has 1 unspecified atom stereocenters. The summed E-state index contributed by atoms with van der Waals surface area (Å²) in [6.07, 6.45) is -4.53. The van der Waals surface area contributed by atoms with E-state index >= 15 is 0 Å². The number of benzene rings is 2. The lowest BCUT2D eigenvalue weighted by atomic mass is 9.72. The van der Waals surface area contributed by atoms with Gasteiger partial charge >= 0.3 is 0 Å². The van der Waals surface area contributed by atoms with Crippen molar-refractivity contribution in [3.63, 3.8) is 0 Å². The lowest BCUT2D eigenvalue weighted by molar-refractivity contribution is -0.247. The molecule has 11 heteroatoms. The summed E-state index contributed by atoms with van der Waals surface area (Å²) in [5.41, 5.74) is 2.97. The van der Waals surface area contributed by atoms with Gasteiger partial charge in [-0.25, -0.2) is 0 Å². The van der Waals surface area contributed by atoms with Crippen molar-refractivity contribution in [1.29, 1.82) is 0 Å². The van der Waals surface area contributed by atoms with Crippen molar-refractivity contribution < 1.29 is 49.0 Å². The first-order valence-corrected chi connectivity index (χ1v) is 12.2. The minimum absolute atomic E-state index is 0.0147. The highest BCUT2D eigenvalue weighted by atomic mass is 16.7. The predicted octanol–water partition coefficient (Wildman–Crippen LogP) is 1.03. The van der Waals surface area contributed by atoms with Gasteiger partial charge in [-0.3, -0.25) is 14.4 Å². The normalized spacial score (nSPS) is 30.3. The molecule has 1 heterocycles. The summed E-state index contributed by atoms with van der Waals surface area (Å²) in [5, 5.41) is 44.1. The van der Waals surface area contributed by atoms with Gasteiger partial charge in [0.25, 0.3) is 0 Å². The Bertz CT molecular complexity index is 1360. The van der Waals surface area contributed by atoms with Crippen LogP contribution in [-0.4, -0.2) is 75.0 Å². The molecule has 6 N–H and O–H groups in total. The van der Waals surface area contributed by atoms with E-state index < -0.39 is 82.6 Å². The highest BCUT2D eigenvalue weighted by Crippen LogP contribution is 2.52. The average Bonchev–Trinajstić information content (AvgIpc) is 2.87. The molecular formula is C27H29NO10. The van der Waals surface area contributed by atoms with E-state index in [-0.39, 0.29) is 40.8 Å². The molecule has 0 spiro atoms. The molecule has 1 aliphatic heterocycles. The fraction of sp³-hybridized carbons (Fsp3) is 0.444. The van der Waals surface area contributed by atoms with Gasteiger partial charge in [0.05, 0.1) is 42.1 Å². The molecule has 5 rings (SSSR count). The maximum absolute atomic E-state index is 13.6. The number of fused-ring (bicyclic) bond motifs is 3. The van der Waals surface area contributed by atoms with Crippen LogP contribution in [0.1, 0.15) is 75.8 Å². The summed E-state index contributed by atoms with van der Waals surface area (Å²) in [6.45, 7) is 2.79. The molecule has 2 aromatic carbocycles. The smallest absolute Gasteiger partial charge is 0.202 e. The van der Waals surface area contributed by atoms with Gasteiger partial charge in [0.2, 0.25) is 5.78 Å². The number of carbonyl (C=O) groups is 3. The first kappa shape index (κ1) is 26.3. The first-order valence-electron chi connectivity index (χ1n) is 12.2. The van der Waals surface area contributed by atoms with Crippen molar-refractivity contribution in [3.05, 3.63) is 51.6 Å². The van der Waals surface area contributed by atoms with Crippen LogP contribution in [0.25, 0.3) is 0 Å². The topological polar surface area (TPSA) is 186 Å². The monoisotopic (exact) mass is 527 g/mol. The average molecular weight is 528 g/mol. The summed E-state index contributed by atoms with van der Waals surface area (Å²) < 4.78 is 17.1. The SMILES string of the molecule is COc1cccc2c1C(=O)c1c(O)c3c(c(O)c1C2=O)C[C@@](O)(C(C)=O)C[C@@H]3O[C@H]1C[C@@H](N)[C@@H](O)C(C)O1. The Balaban J connectivity index is 1.68. The van der Waals surface area contributed by atoms with Crippen LogP contribution in [0, 0.1) is 0 Å². The lowest BCUT2D eigenvalue weighted by Crippen LogP contribution is -2.52. The van der Waals surface area contributed by atoms with Gasteiger partial charge in [0, 0.05) is 42.0 Å². The molecule has 0 amide bonds. The number of ether oxygens (including phenoxy) is 3. The molecule has 0 radical (unpaired) electrons. The standard InChI is InChI=1S/C27H29NO10/c1-10-22(30)14(28)7-17(37-10)38-16-9-27(35,11(2)29)8-13-19(16)26(34)21-20(24(13)32)23(31)12-5-4-6-15(36-3)18(12)25(21)33/h4-6,10,14,16-17,22,30,32,34-35H,7-9,28H2,1-3H3/t10?,14-,16+,17+,22+,27+/m1/s1. The Kier molecular flexibility index (Phi) is 6.32. The van der Waals surface area contributed by atoms with Crippen LogP contribution in [0.5, 0.6) is 17.2 Å². The number of rotatable bonds is 4. The number of carbonyl (C=O) groups excluding carboxylic acids is 3. The zero-order valence-electron chi connectivity index (χ0n) is 21.1. The van der Waals surface area contributed by atoms with Crippen molar-refractivity contribution in [2.45, 2.75) is 69.4 Å². The van der Waals surface area contributed by atoms with Gasteiger partial charge in [-0.15, -0.1) is 0 Å². The highest BCUT2D eigenvalue weighted by molar-refractivity contribution is 6.31. The largest absolute Gasteiger partial charge is 0.507 e. The minimum Gasteiger partial charge on any atom is -0.507 e. The molecule has 2 aromatic rings. The number of aliphatic hydroxyl groups is 2. The van der Waals surface area contributed by atoms with Crippen LogP contribution < -0.4 is 10.5 Å². The molecule has 0 bridgehead atoms. The predicted molar refractivity (Wildman–Crippen MR) is 130 cm³/mol. The summed E-state index contributed by atoms with van der Waals surface area (Å²) >= 11 is 0. The van der Waals surface area contributed by atoms with E-state index in [1.807, 2.05) is 0 Å². The van der Waals surface area contributed by atoms with Gasteiger partial charge in [0.15, 0.2) is 17.9 Å². The van der Waals surface area contributed by atoms with E-state index in [1.54, 1.807) is 6.92 Å². The molecule has 2 aliphatic carbocycles. The van der Waals surface area contributed by atoms with E-state index in [2.05, 4.69) is 0 Å². The third-order valence-corrected chi connectivity index (χ3v) is 7.80. The molecule has 202 valence electrons. The number of phenols is 2. The molecule has 11 nitrogen and oxygen atoms in total. The fourth-order valence-electron chi connectivity index (χ4n) is 5.66. The molecular weight excluding hydrogens is 498 g/mol. The maximum atomic E-state index is 13.6. The van der Waals surface area contributed by atoms with Crippen molar-refractivity contribution >= 4 is 17.3 Å². The second-order valence-corrected chi connectivity index (χ2v) is 10.1. The summed E-state index contributed by atoms with van der Waals surface area (Å²) in [6, 6.07) is 3.75. The van der Waals surface area contributed by atoms with Gasteiger partial charge in [-0.1, -0.05) is 12.1 Å². The fourth-order valence-corrected chi connectivity index (χ4v) is 5.66. The van der Waals surface area contributed by atoms with Crippen molar-refractivity contribution in [2.24, 2.45) is 5.73 Å². The molecule has 1 saturated heterocycles. The van der Waals surface area contributed by atoms with Crippen molar-refractivity contribution in [1.82, 2.24) is 0 Å². The zero-order valence-corrected chi connectivity index (χ0v) is 21.1. The lowest BCUT2D eigenvalue weighted by Gasteiger charge is -2.42. The molecule has 6 atom stereocenters. The van der Waals surface area contributed by atoms with E-state index in [9.17, 15) is 34.8 Å². The summed E-state index contributed by atoms with van der Waals surface area (Å²) in [4.78, 5) is 39.6. The van der Waals surface area contributed by atoms with E-state index in [1.165, 1.54) is 32.2 Å². The third-order valence-electron chi connectivity index (χ3n) is 7.80. The summed E-state index contributed by atoms with van der Waals surface area (Å²) in [5.74, 6) is -3.18. The molecule has 38 heavy (non-hydrogen) atoms. The van der Waals surface area contributed by atoms with Crippen LogP contribution in [0.4, 0.5) is 0 Å². The molecule has 0 aromatic heterocycles. The number of methoxy groups -OCH3 is 1. The van der Waals surface area contributed by atoms with Crippen molar-refractivity contribution in [2.75, 3.05) is 7.11 Å². The highest BCUT2D eigenvalue weighted by Gasteiger charge is 2.49. The van der Waals surface area contributed by atoms with Crippen LogP contribution >= 0.6 is 0 Å². The molecule has 0 saturated carbocycles. The Hall–Kier alpha value is -3.35. The van der Waals surface area contributed by atoms with E-state index in [4.69, 9.17) is 19.9 Å². The van der Waals surface area contributed by atoms with Gasteiger partial charge in [-0.05, 0) is 19.9 Å². The first-order chi connectivity index (χ1) is 17.9. The number of phenolic OH excluding ortho intramolecular Hbond substituents is 2. The third kappa shape index (κ3) is 3.81. The molecule has 1 fully saturated rings. The Morgan fingerprint density at radius 3 is 2.45 bits per heavy atom. The van der Waals surface area contributed by atoms with Crippen LogP contribution in [0.2, 0.25) is 0 Å². The zero-order chi connectivity index (χ0) is 27.7. The van der Waals surface area contributed by atoms with Crippen molar-refractivity contribution in [3.8, 4) is 17.2 Å². The Morgan fingerprint density at radius 2 is 1.82 bits per heavy atom. The van der Waals surface area contributed by atoms with E-state index in [0.29, 0.717) is 0 Å². The quantitative estimate of drug-likeness (QED) is 0.305. The number of hydrogen-bond acceptors (Lipinski definition) is 11. The number of nitrogens with two attached hydrogens (primary N) is 1. The second-order valence-electron chi connectivity index (χ2n) is 10.1.